The van der Waals surface area contributed by atoms with Crippen LogP contribution in [0.1, 0.15) is 0 Å². The summed E-state index contributed by atoms with van der Waals surface area (Å²) in [5.74, 6) is 1.66. The largest absolute Gasteiger partial charge is 0.481 e. The molecule has 0 bridgehead atoms. The van der Waals surface area contributed by atoms with Gasteiger partial charge in [-0.2, -0.15) is 4.98 Å². The van der Waals surface area contributed by atoms with Crippen LogP contribution >= 0.6 is 0 Å². The number of methoxy groups -OCH3 is 1. The zero-order valence-electron chi connectivity index (χ0n) is 12.1. The first-order chi connectivity index (χ1) is 10.7. The van der Waals surface area contributed by atoms with E-state index in [4.69, 9.17) is 4.74 Å². The van der Waals surface area contributed by atoms with Gasteiger partial charge >= 0.3 is 5.69 Å². The second kappa shape index (κ2) is 5.88. The van der Waals surface area contributed by atoms with Gasteiger partial charge in [-0.3, -0.25) is 14.8 Å². The summed E-state index contributed by atoms with van der Waals surface area (Å²) in [6, 6.07) is 3.08. The van der Waals surface area contributed by atoms with E-state index in [9.17, 15) is 9.59 Å². The predicted octanol–water partition coefficient (Wildman–Crippen LogP) is -0.812. The fraction of sp³-hybridized carbons (Fsp3) is 0.385. The first-order valence-corrected chi connectivity index (χ1v) is 6.86. The Kier molecular flexibility index (Phi) is 3.77. The molecule has 1 aliphatic rings. The number of hydrogen-bond donors (Lipinski definition) is 2. The molecule has 1 saturated heterocycles. The lowest BCUT2D eigenvalue weighted by atomic mass is 10.3. The number of rotatable bonds is 3. The van der Waals surface area contributed by atoms with Gasteiger partial charge in [-0.05, 0) is 0 Å². The van der Waals surface area contributed by atoms with Crippen molar-refractivity contribution in [2.45, 2.75) is 0 Å². The van der Waals surface area contributed by atoms with Crippen molar-refractivity contribution in [2.24, 2.45) is 0 Å². The second-order valence-corrected chi connectivity index (χ2v) is 4.85. The van der Waals surface area contributed by atoms with Crippen LogP contribution in [0.4, 0.5) is 11.8 Å². The molecule has 0 spiro atoms. The average Bonchev–Trinajstić information content (AvgIpc) is 2.54. The molecule has 1 fully saturated rings. The summed E-state index contributed by atoms with van der Waals surface area (Å²) in [6.45, 7) is 2.67. The van der Waals surface area contributed by atoms with E-state index in [1.165, 1.54) is 6.07 Å². The fourth-order valence-electron chi connectivity index (χ4n) is 2.37. The highest BCUT2D eigenvalue weighted by Gasteiger charge is 2.20. The van der Waals surface area contributed by atoms with Crippen molar-refractivity contribution in [1.82, 2.24) is 19.9 Å². The molecule has 9 nitrogen and oxygen atoms in total. The van der Waals surface area contributed by atoms with E-state index in [2.05, 4.69) is 19.9 Å². The minimum Gasteiger partial charge on any atom is -0.481 e. The van der Waals surface area contributed by atoms with Gasteiger partial charge in [0.1, 0.15) is 5.82 Å². The normalized spacial score (nSPS) is 15.0. The molecule has 22 heavy (non-hydrogen) atoms. The number of aromatic amines is 2. The van der Waals surface area contributed by atoms with Gasteiger partial charge < -0.3 is 14.5 Å². The highest BCUT2D eigenvalue weighted by atomic mass is 16.5. The van der Waals surface area contributed by atoms with E-state index in [-0.39, 0.29) is 0 Å². The molecule has 116 valence electrons. The maximum atomic E-state index is 11.4. The molecule has 2 aromatic heterocycles. The topological polar surface area (TPSA) is 107 Å². The third-order valence-corrected chi connectivity index (χ3v) is 3.48. The molecule has 1 aliphatic heterocycles. The molecule has 0 atom stereocenters. The molecular formula is C13H16N6O3. The lowest BCUT2D eigenvalue weighted by Crippen LogP contribution is -2.48. The van der Waals surface area contributed by atoms with Crippen LogP contribution in [0, 0.1) is 0 Å². The molecule has 9 heteroatoms. The zero-order valence-corrected chi connectivity index (χ0v) is 12.1. The Morgan fingerprint density at radius 3 is 2.55 bits per heavy atom. The standard InChI is InChI=1S/C13H16N6O3/c1-22-11-2-3-14-12(17-11)19-6-4-18(5-7-19)9-8-10(20)16-13(21)15-9/h2-3,8H,4-7H2,1H3,(H2,15,16,20,21). The van der Waals surface area contributed by atoms with Crippen molar-refractivity contribution in [3.8, 4) is 5.88 Å². The van der Waals surface area contributed by atoms with Crippen molar-refractivity contribution in [3.63, 3.8) is 0 Å². The number of aromatic nitrogens is 4. The highest BCUT2D eigenvalue weighted by Crippen LogP contribution is 2.16. The van der Waals surface area contributed by atoms with Crippen molar-refractivity contribution in [3.05, 3.63) is 39.2 Å². The number of H-pyrrole nitrogens is 2. The lowest BCUT2D eigenvalue weighted by Gasteiger charge is -2.35. The molecule has 0 amide bonds. The van der Waals surface area contributed by atoms with E-state index in [1.54, 1.807) is 19.4 Å². The second-order valence-electron chi connectivity index (χ2n) is 4.85. The number of nitrogens with zero attached hydrogens (tertiary/aromatic N) is 4. The molecule has 0 aliphatic carbocycles. The highest BCUT2D eigenvalue weighted by molar-refractivity contribution is 5.41. The fourth-order valence-corrected chi connectivity index (χ4v) is 2.37. The molecular weight excluding hydrogens is 288 g/mol. The monoisotopic (exact) mass is 304 g/mol. The van der Waals surface area contributed by atoms with Crippen LogP contribution in [0.2, 0.25) is 0 Å². The molecule has 3 heterocycles. The Balaban J connectivity index is 1.72. The van der Waals surface area contributed by atoms with Crippen LogP contribution in [0.15, 0.2) is 27.9 Å². The summed E-state index contributed by atoms with van der Waals surface area (Å²) in [4.78, 5) is 40.0. The predicted molar refractivity (Wildman–Crippen MR) is 80.7 cm³/mol. The van der Waals surface area contributed by atoms with Gasteiger partial charge in [0, 0.05) is 44.5 Å². The van der Waals surface area contributed by atoms with Gasteiger partial charge in [0.2, 0.25) is 11.8 Å². The van der Waals surface area contributed by atoms with Crippen LogP contribution in [0.5, 0.6) is 5.88 Å². The summed E-state index contributed by atoms with van der Waals surface area (Å²) in [6.07, 6.45) is 1.65. The minimum absolute atomic E-state index is 0.405. The molecule has 2 aromatic rings. The lowest BCUT2D eigenvalue weighted by molar-refractivity contribution is 0.396. The number of anilines is 2. The Hall–Kier alpha value is -2.84. The van der Waals surface area contributed by atoms with Crippen LogP contribution in [-0.4, -0.2) is 53.2 Å². The third kappa shape index (κ3) is 2.92. The maximum Gasteiger partial charge on any atom is 0.327 e. The summed E-state index contributed by atoms with van der Waals surface area (Å²) in [5, 5.41) is 0. The number of piperazine rings is 1. The van der Waals surface area contributed by atoms with Gasteiger partial charge in [0.05, 0.1) is 7.11 Å². The van der Waals surface area contributed by atoms with E-state index >= 15 is 0 Å². The van der Waals surface area contributed by atoms with E-state index in [1.807, 2.05) is 9.80 Å². The van der Waals surface area contributed by atoms with Crippen LogP contribution in [0.25, 0.3) is 0 Å². The quantitative estimate of drug-likeness (QED) is 0.763. The maximum absolute atomic E-state index is 11.4. The van der Waals surface area contributed by atoms with E-state index in [0.29, 0.717) is 43.8 Å². The summed E-state index contributed by atoms with van der Waals surface area (Å²) in [7, 11) is 1.56. The Labute approximate surface area is 125 Å². The van der Waals surface area contributed by atoms with Crippen LogP contribution in [-0.2, 0) is 0 Å². The smallest absolute Gasteiger partial charge is 0.327 e. The summed E-state index contributed by atoms with van der Waals surface area (Å²) < 4.78 is 5.10. The number of hydrogen-bond acceptors (Lipinski definition) is 7. The Morgan fingerprint density at radius 2 is 1.86 bits per heavy atom. The van der Waals surface area contributed by atoms with Crippen molar-refractivity contribution in [2.75, 3.05) is 43.1 Å². The Bertz CT molecular complexity index is 734. The van der Waals surface area contributed by atoms with E-state index < -0.39 is 11.2 Å². The third-order valence-electron chi connectivity index (χ3n) is 3.48. The van der Waals surface area contributed by atoms with Crippen LogP contribution < -0.4 is 25.8 Å². The molecule has 3 rings (SSSR count). The molecule has 0 aromatic carbocycles. The van der Waals surface area contributed by atoms with Crippen molar-refractivity contribution in [1.29, 1.82) is 0 Å². The SMILES string of the molecule is COc1ccnc(N2CCN(c3cc(=O)[nH]c(=O)[nH]3)CC2)n1. The van der Waals surface area contributed by atoms with Gasteiger partial charge in [0.15, 0.2) is 0 Å². The zero-order chi connectivity index (χ0) is 15.5. The average molecular weight is 304 g/mol. The molecule has 0 unspecified atom stereocenters. The van der Waals surface area contributed by atoms with Crippen LogP contribution in [0.3, 0.4) is 0 Å². The summed E-state index contributed by atoms with van der Waals surface area (Å²) in [5.41, 5.74) is -0.904. The molecule has 0 saturated carbocycles. The molecule has 2 N–H and O–H groups in total. The van der Waals surface area contributed by atoms with E-state index in [0.717, 1.165) is 0 Å². The molecule has 0 radical (unpaired) electrons. The van der Waals surface area contributed by atoms with Gasteiger partial charge in [-0.1, -0.05) is 0 Å². The van der Waals surface area contributed by atoms with Gasteiger partial charge in [-0.15, -0.1) is 0 Å². The van der Waals surface area contributed by atoms with Crippen molar-refractivity contribution < 1.29 is 4.74 Å². The number of ether oxygens (including phenoxy) is 1. The number of nitrogens with one attached hydrogen (secondary N) is 2. The first kappa shape index (κ1) is 14.1. The first-order valence-electron chi connectivity index (χ1n) is 6.86. The van der Waals surface area contributed by atoms with Gasteiger partial charge in [-0.25, -0.2) is 9.78 Å². The minimum atomic E-state index is -0.499. The summed E-state index contributed by atoms with van der Waals surface area (Å²) >= 11 is 0. The van der Waals surface area contributed by atoms with Crippen molar-refractivity contribution >= 4 is 11.8 Å². The Morgan fingerprint density at radius 1 is 1.14 bits per heavy atom. The van der Waals surface area contributed by atoms with Gasteiger partial charge in [0.25, 0.3) is 5.56 Å².